The third-order valence-electron chi connectivity index (χ3n) is 3.75. The van der Waals surface area contributed by atoms with Crippen LogP contribution in [0.1, 0.15) is 52.9 Å². The number of rotatable bonds is 6. The first-order chi connectivity index (χ1) is 8.22. The van der Waals surface area contributed by atoms with Crippen molar-refractivity contribution in [2.45, 2.75) is 58.9 Å². The fraction of sp³-hybridized carbons (Fsp3) is 0.929. The van der Waals surface area contributed by atoms with E-state index in [9.17, 15) is 4.79 Å². The average molecular weight is 240 g/mol. The van der Waals surface area contributed by atoms with Crippen LogP contribution in [0, 0.1) is 5.92 Å². The van der Waals surface area contributed by atoms with Crippen molar-refractivity contribution in [3.63, 3.8) is 0 Å². The summed E-state index contributed by atoms with van der Waals surface area (Å²) in [4.78, 5) is 14.4. The van der Waals surface area contributed by atoms with Crippen LogP contribution in [0.2, 0.25) is 0 Å². The molecule has 0 spiro atoms. The van der Waals surface area contributed by atoms with Gasteiger partial charge in [-0.3, -0.25) is 4.79 Å². The van der Waals surface area contributed by atoms with Crippen molar-refractivity contribution in [2.24, 2.45) is 5.92 Å². The van der Waals surface area contributed by atoms with Crippen LogP contribution in [-0.4, -0.2) is 36.5 Å². The van der Waals surface area contributed by atoms with Gasteiger partial charge in [-0.25, -0.2) is 0 Å². The Kier molecular flexibility index (Phi) is 6.56. The molecule has 1 aliphatic heterocycles. The van der Waals surface area contributed by atoms with Crippen LogP contribution in [0.25, 0.3) is 0 Å². The fourth-order valence-electron chi connectivity index (χ4n) is 2.59. The van der Waals surface area contributed by atoms with Crippen molar-refractivity contribution in [3.8, 4) is 0 Å². The maximum Gasteiger partial charge on any atom is 0.225 e. The van der Waals surface area contributed by atoms with E-state index in [-0.39, 0.29) is 5.92 Å². The Hall–Kier alpha value is -0.570. The number of carbonyl (C=O) groups is 1. The SMILES string of the molecule is CCCNC1CCCN(C(=O)C(CC)CC)C1. The Morgan fingerprint density at radius 3 is 2.65 bits per heavy atom. The minimum Gasteiger partial charge on any atom is -0.341 e. The summed E-state index contributed by atoms with van der Waals surface area (Å²) in [6, 6.07) is 0.516. The summed E-state index contributed by atoms with van der Waals surface area (Å²) in [6.45, 7) is 9.35. The molecule has 1 rings (SSSR count). The molecule has 3 nitrogen and oxygen atoms in total. The number of likely N-dealkylation sites (tertiary alicyclic amines) is 1. The van der Waals surface area contributed by atoms with Gasteiger partial charge in [0.05, 0.1) is 0 Å². The highest BCUT2D eigenvalue weighted by molar-refractivity contribution is 5.78. The normalized spacial score (nSPS) is 20.9. The van der Waals surface area contributed by atoms with Gasteiger partial charge in [0.15, 0.2) is 0 Å². The molecule has 0 aromatic carbocycles. The largest absolute Gasteiger partial charge is 0.341 e. The maximum absolute atomic E-state index is 12.3. The molecule has 0 aliphatic carbocycles. The van der Waals surface area contributed by atoms with Crippen molar-refractivity contribution >= 4 is 5.91 Å². The van der Waals surface area contributed by atoms with Crippen molar-refractivity contribution in [1.29, 1.82) is 0 Å². The standard InChI is InChI=1S/C14H28N2O/c1-4-9-15-13-8-7-10-16(11-13)14(17)12(5-2)6-3/h12-13,15H,4-11H2,1-3H3. The molecule has 1 unspecified atom stereocenters. The van der Waals surface area contributed by atoms with Gasteiger partial charge >= 0.3 is 0 Å². The van der Waals surface area contributed by atoms with Crippen LogP contribution >= 0.6 is 0 Å². The third-order valence-corrected chi connectivity index (χ3v) is 3.75. The first-order valence-corrected chi connectivity index (χ1v) is 7.25. The second-order valence-electron chi connectivity index (χ2n) is 5.09. The van der Waals surface area contributed by atoms with Gasteiger partial charge in [0.2, 0.25) is 5.91 Å². The van der Waals surface area contributed by atoms with Gasteiger partial charge in [0, 0.05) is 25.0 Å². The van der Waals surface area contributed by atoms with E-state index in [1.807, 2.05) is 0 Å². The molecule has 0 aromatic heterocycles. The number of nitrogens with zero attached hydrogens (tertiary/aromatic N) is 1. The topological polar surface area (TPSA) is 32.3 Å². The molecule has 0 aromatic rings. The van der Waals surface area contributed by atoms with E-state index in [0.29, 0.717) is 11.9 Å². The number of amides is 1. The maximum atomic E-state index is 12.3. The predicted octanol–water partition coefficient (Wildman–Crippen LogP) is 2.41. The van der Waals surface area contributed by atoms with Gasteiger partial charge in [0.25, 0.3) is 0 Å². The highest BCUT2D eigenvalue weighted by Crippen LogP contribution is 2.17. The molecule has 3 heteroatoms. The molecule has 17 heavy (non-hydrogen) atoms. The number of hydrogen-bond acceptors (Lipinski definition) is 2. The van der Waals surface area contributed by atoms with Crippen LogP contribution in [0.5, 0.6) is 0 Å². The van der Waals surface area contributed by atoms with Gasteiger partial charge in [-0.15, -0.1) is 0 Å². The summed E-state index contributed by atoms with van der Waals surface area (Å²) >= 11 is 0. The zero-order valence-corrected chi connectivity index (χ0v) is 11.7. The highest BCUT2D eigenvalue weighted by atomic mass is 16.2. The summed E-state index contributed by atoms with van der Waals surface area (Å²) in [5.41, 5.74) is 0. The van der Waals surface area contributed by atoms with Gasteiger partial charge in [-0.1, -0.05) is 20.8 Å². The average Bonchev–Trinajstić information content (AvgIpc) is 2.38. The molecule has 1 fully saturated rings. The molecule has 0 bridgehead atoms. The van der Waals surface area contributed by atoms with E-state index < -0.39 is 0 Å². The highest BCUT2D eigenvalue weighted by Gasteiger charge is 2.26. The Bertz CT molecular complexity index is 226. The minimum absolute atomic E-state index is 0.236. The number of nitrogens with one attached hydrogen (secondary N) is 1. The zero-order valence-electron chi connectivity index (χ0n) is 11.7. The van der Waals surface area contributed by atoms with E-state index in [4.69, 9.17) is 0 Å². The van der Waals surface area contributed by atoms with E-state index in [0.717, 1.165) is 45.3 Å². The lowest BCUT2D eigenvalue weighted by Gasteiger charge is -2.35. The smallest absolute Gasteiger partial charge is 0.225 e. The molecule has 1 saturated heterocycles. The lowest BCUT2D eigenvalue weighted by atomic mass is 9.98. The summed E-state index contributed by atoms with van der Waals surface area (Å²) in [5, 5.41) is 3.54. The minimum atomic E-state index is 0.236. The number of hydrogen-bond donors (Lipinski definition) is 1. The second-order valence-corrected chi connectivity index (χ2v) is 5.09. The van der Waals surface area contributed by atoms with E-state index >= 15 is 0 Å². The first-order valence-electron chi connectivity index (χ1n) is 7.25. The zero-order chi connectivity index (χ0) is 12.7. The van der Waals surface area contributed by atoms with Crippen molar-refractivity contribution in [3.05, 3.63) is 0 Å². The lowest BCUT2D eigenvalue weighted by molar-refractivity contribution is -0.137. The fourth-order valence-corrected chi connectivity index (χ4v) is 2.59. The monoisotopic (exact) mass is 240 g/mol. The molecule has 1 aliphatic rings. The van der Waals surface area contributed by atoms with Crippen molar-refractivity contribution in [2.75, 3.05) is 19.6 Å². The molecular weight excluding hydrogens is 212 g/mol. The van der Waals surface area contributed by atoms with Gasteiger partial charge in [-0.05, 0) is 38.6 Å². The quantitative estimate of drug-likeness (QED) is 0.773. The predicted molar refractivity (Wildman–Crippen MR) is 72.0 cm³/mol. The third kappa shape index (κ3) is 4.30. The molecule has 0 radical (unpaired) electrons. The summed E-state index contributed by atoms with van der Waals surface area (Å²) in [6.07, 6.45) is 5.47. The van der Waals surface area contributed by atoms with Crippen molar-refractivity contribution < 1.29 is 4.79 Å². The van der Waals surface area contributed by atoms with Crippen LogP contribution in [0.3, 0.4) is 0 Å². The molecule has 0 saturated carbocycles. The van der Waals surface area contributed by atoms with E-state index in [1.54, 1.807) is 0 Å². The Morgan fingerprint density at radius 1 is 1.35 bits per heavy atom. The van der Waals surface area contributed by atoms with Crippen LogP contribution < -0.4 is 5.32 Å². The Morgan fingerprint density at radius 2 is 2.06 bits per heavy atom. The number of piperidine rings is 1. The van der Waals surface area contributed by atoms with Gasteiger partial charge in [-0.2, -0.15) is 0 Å². The molecule has 1 amide bonds. The Balaban J connectivity index is 2.45. The molecule has 1 heterocycles. The lowest BCUT2D eigenvalue weighted by Crippen LogP contribution is -2.49. The van der Waals surface area contributed by atoms with Gasteiger partial charge in [0.1, 0.15) is 0 Å². The molecule has 1 N–H and O–H groups in total. The first kappa shape index (κ1) is 14.5. The molecule has 1 atom stereocenters. The van der Waals surface area contributed by atoms with Crippen molar-refractivity contribution in [1.82, 2.24) is 10.2 Å². The van der Waals surface area contributed by atoms with Gasteiger partial charge < -0.3 is 10.2 Å². The molecule has 100 valence electrons. The van der Waals surface area contributed by atoms with E-state index in [2.05, 4.69) is 31.0 Å². The summed E-state index contributed by atoms with van der Waals surface area (Å²) < 4.78 is 0. The summed E-state index contributed by atoms with van der Waals surface area (Å²) in [7, 11) is 0. The van der Waals surface area contributed by atoms with Crippen LogP contribution in [-0.2, 0) is 4.79 Å². The second kappa shape index (κ2) is 7.70. The number of carbonyl (C=O) groups excluding carboxylic acids is 1. The summed E-state index contributed by atoms with van der Waals surface area (Å²) in [5.74, 6) is 0.609. The van der Waals surface area contributed by atoms with Crippen LogP contribution in [0.4, 0.5) is 0 Å². The molecular formula is C14H28N2O. The van der Waals surface area contributed by atoms with Crippen LogP contribution in [0.15, 0.2) is 0 Å². The Labute approximate surface area is 106 Å². The van der Waals surface area contributed by atoms with E-state index in [1.165, 1.54) is 6.42 Å².